The predicted octanol–water partition coefficient (Wildman–Crippen LogP) is 2.20. The summed E-state index contributed by atoms with van der Waals surface area (Å²) in [6, 6.07) is 11.6. The Labute approximate surface area is 142 Å². The zero-order valence-corrected chi connectivity index (χ0v) is 13.8. The Morgan fingerprint density at radius 1 is 1.21 bits per heavy atom. The number of nitrogens with zero attached hydrogens (tertiary/aromatic N) is 2. The number of para-hydroxylation sites is 1. The lowest BCUT2D eigenvalue weighted by atomic mass is 9.99. The highest BCUT2D eigenvalue weighted by Crippen LogP contribution is 2.26. The molecule has 2 unspecified atom stereocenters. The van der Waals surface area contributed by atoms with Crippen LogP contribution in [0.1, 0.15) is 37.7 Å². The van der Waals surface area contributed by atoms with Gasteiger partial charge in [0.1, 0.15) is 0 Å². The van der Waals surface area contributed by atoms with E-state index in [1.807, 2.05) is 47.4 Å². The first-order valence-electron chi connectivity index (χ1n) is 8.90. The third-order valence-electron chi connectivity index (χ3n) is 5.14. The molecule has 126 valence electrons. The summed E-state index contributed by atoms with van der Waals surface area (Å²) in [5, 5.41) is 11.2. The molecule has 1 aromatic carbocycles. The summed E-state index contributed by atoms with van der Waals surface area (Å²) in [6.07, 6.45) is 9.79. The van der Waals surface area contributed by atoms with Crippen molar-refractivity contribution >= 4 is 5.91 Å². The van der Waals surface area contributed by atoms with E-state index in [0.717, 1.165) is 30.5 Å². The number of carbonyl (C=O) groups is 1. The smallest absolute Gasteiger partial charge is 0.220 e. The highest BCUT2D eigenvalue weighted by atomic mass is 16.1. The largest absolute Gasteiger partial charge is 0.353 e. The SMILES string of the molecule is O=C(CCc1cnn(-c2ccccc2)c1)NC1CC2CCC(C1)N2. The summed E-state index contributed by atoms with van der Waals surface area (Å²) >= 11 is 0. The molecule has 3 heterocycles. The first kappa shape index (κ1) is 15.4. The molecule has 1 amide bonds. The molecule has 2 bridgehead atoms. The van der Waals surface area contributed by atoms with Crippen LogP contribution < -0.4 is 10.6 Å². The molecule has 0 aliphatic carbocycles. The van der Waals surface area contributed by atoms with Gasteiger partial charge in [0, 0.05) is 30.7 Å². The van der Waals surface area contributed by atoms with Crippen molar-refractivity contribution in [1.82, 2.24) is 20.4 Å². The van der Waals surface area contributed by atoms with Gasteiger partial charge in [-0.05, 0) is 49.8 Å². The average Bonchev–Trinajstić information content (AvgIpc) is 3.20. The summed E-state index contributed by atoms with van der Waals surface area (Å²) in [7, 11) is 0. The highest BCUT2D eigenvalue weighted by molar-refractivity contribution is 5.76. The molecule has 2 N–H and O–H groups in total. The van der Waals surface area contributed by atoms with Crippen LogP contribution in [0.2, 0.25) is 0 Å². The third kappa shape index (κ3) is 3.51. The number of benzene rings is 1. The third-order valence-corrected chi connectivity index (χ3v) is 5.14. The molecule has 24 heavy (non-hydrogen) atoms. The molecule has 2 aliphatic heterocycles. The maximum atomic E-state index is 12.2. The molecule has 5 nitrogen and oxygen atoms in total. The maximum absolute atomic E-state index is 12.2. The summed E-state index contributed by atoms with van der Waals surface area (Å²) in [4.78, 5) is 12.2. The number of fused-ring (bicyclic) bond motifs is 2. The van der Waals surface area contributed by atoms with E-state index in [4.69, 9.17) is 0 Å². The standard InChI is InChI=1S/C19H24N4O/c24-19(22-17-10-15-7-8-16(11-17)21-15)9-6-14-12-20-23(13-14)18-4-2-1-3-5-18/h1-5,12-13,15-17,21H,6-11H2,(H,22,24). The van der Waals surface area contributed by atoms with E-state index in [1.54, 1.807) is 0 Å². The molecule has 2 atom stereocenters. The number of nitrogens with one attached hydrogen (secondary N) is 2. The number of rotatable bonds is 5. The number of hydrogen-bond acceptors (Lipinski definition) is 3. The number of amides is 1. The molecule has 2 aliphatic rings. The minimum Gasteiger partial charge on any atom is -0.353 e. The summed E-state index contributed by atoms with van der Waals surface area (Å²) in [6.45, 7) is 0. The summed E-state index contributed by atoms with van der Waals surface area (Å²) in [5.41, 5.74) is 2.14. The van der Waals surface area contributed by atoms with E-state index in [2.05, 4.69) is 15.7 Å². The van der Waals surface area contributed by atoms with Gasteiger partial charge in [0.2, 0.25) is 5.91 Å². The van der Waals surface area contributed by atoms with Crippen molar-refractivity contribution in [3.8, 4) is 5.69 Å². The minimum atomic E-state index is 0.161. The zero-order chi connectivity index (χ0) is 16.4. The van der Waals surface area contributed by atoms with Gasteiger partial charge in [0.25, 0.3) is 0 Å². The van der Waals surface area contributed by atoms with Crippen molar-refractivity contribution < 1.29 is 4.79 Å². The second-order valence-electron chi connectivity index (χ2n) is 7.00. The number of carbonyl (C=O) groups excluding carboxylic acids is 1. The topological polar surface area (TPSA) is 59.0 Å². The van der Waals surface area contributed by atoms with E-state index in [0.29, 0.717) is 24.5 Å². The number of piperidine rings is 1. The fourth-order valence-corrected chi connectivity index (χ4v) is 3.94. The van der Waals surface area contributed by atoms with Crippen LogP contribution in [0.25, 0.3) is 5.69 Å². The minimum absolute atomic E-state index is 0.161. The van der Waals surface area contributed by atoms with E-state index in [9.17, 15) is 4.79 Å². The monoisotopic (exact) mass is 324 g/mol. The fourth-order valence-electron chi connectivity index (χ4n) is 3.94. The Morgan fingerprint density at radius 3 is 2.71 bits per heavy atom. The van der Waals surface area contributed by atoms with E-state index in [1.165, 1.54) is 12.8 Å². The van der Waals surface area contributed by atoms with Crippen molar-refractivity contribution in [2.75, 3.05) is 0 Å². The Bertz CT molecular complexity index is 684. The lowest BCUT2D eigenvalue weighted by Crippen LogP contribution is -2.48. The molecule has 0 spiro atoms. The fraction of sp³-hybridized carbons (Fsp3) is 0.474. The summed E-state index contributed by atoms with van der Waals surface area (Å²) in [5.74, 6) is 0.161. The van der Waals surface area contributed by atoms with Gasteiger partial charge in [-0.3, -0.25) is 4.79 Å². The average molecular weight is 324 g/mol. The lowest BCUT2D eigenvalue weighted by Gasteiger charge is -2.29. The van der Waals surface area contributed by atoms with Gasteiger partial charge in [0.15, 0.2) is 0 Å². The molecular weight excluding hydrogens is 300 g/mol. The second-order valence-corrected chi connectivity index (χ2v) is 7.00. The van der Waals surface area contributed by atoms with Crippen molar-refractivity contribution in [3.05, 3.63) is 48.3 Å². The maximum Gasteiger partial charge on any atom is 0.220 e. The Hall–Kier alpha value is -2.14. The molecule has 4 rings (SSSR count). The molecular formula is C19H24N4O. The van der Waals surface area contributed by atoms with Crippen LogP contribution in [-0.2, 0) is 11.2 Å². The van der Waals surface area contributed by atoms with Gasteiger partial charge in [0.05, 0.1) is 11.9 Å². The summed E-state index contributed by atoms with van der Waals surface area (Å²) < 4.78 is 1.86. The van der Waals surface area contributed by atoms with Gasteiger partial charge in [-0.15, -0.1) is 0 Å². The molecule has 0 saturated carbocycles. The van der Waals surface area contributed by atoms with Crippen LogP contribution in [0.15, 0.2) is 42.7 Å². The van der Waals surface area contributed by atoms with Crippen LogP contribution in [0.4, 0.5) is 0 Å². The first-order chi connectivity index (χ1) is 11.8. The number of hydrogen-bond donors (Lipinski definition) is 2. The van der Waals surface area contributed by atoms with Gasteiger partial charge < -0.3 is 10.6 Å². The van der Waals surface area contributed by atoms with Crippen molar-refractivity contribution in [1.29, 1.82) is 0 Å². The van der Waals surface area contributed by atoms with Crippen LogP contribution in [0.5, 0.6) is 0 Å². The van der Waals surface area contributed by atoms with Crippen molar-refractivity contribution in [2.45, 2.75) is 56.7 Å². The lowest BCUT2D eigenvalue weighted by molar-refractivity contribution is -0.122. The first-order valence-corrected chi connectivity index (χ1v) is 8.90. The highest BCUT2D eigenvalue weighted by Gasteiger charge is 2.33. The number of aryl methyl sites for hydroxylation is 1. The van der Waals surface area contributed by atoms with Crippen molar-refractivity contribution in [2.24, 2.45) is 0 Å². The van der Waals surface area contributed by atoms with E-state index in [-0.39, 0.29) is 5.91 Å². The second kappa shape index (κ2) is 6.77. The predicted molar refractivity (Wildman–Crippen MR) is 93.0 cm³/mol. The van der Waals surface area contributed by atoms with Crippen LogP contribution >= 0.6 is 0 Å². The van der Waals surface area contributed by atoms with Gasteiger partial charge in [-0.25, -0.2) is 4.68 Å². The van der Waals surface area contributed by atoms with Crippen LogP contribution in [0, 0.1) is 0 Å². The Kier molecular flexibility index (Phi) is 4.34. The van der Waals surface area contributed by atoms with Gasteiger partial charge in [-0.1, -0.05) is 18.2 Å². The molecule has 2 saturated heterocycles. The Morgan fingerprint density at radius 2 is 1.96 bits per heavy atom. The van der Waals surface area contributed by atoms with E-state index < -0.39 is 0 Å². The molecule has 1 aromatic heterocycles. The molecule has 5 heteroatoms. The van der Waals surface area contributed by atoms with Crippen LogP contribution in [0.3, 0.4) is 0 Å². The Balaban J connectivity index is 1.28. The van der Waals surface area contributed by atoms with Gasteiger partial charge >= 0.3 is 0 Å². The normalized spacial score (nSPS) is 25.6. The molecule has 0 radical (unpaired) electrons. The quantitative estimate of drug-likeness (QED) is 0.886. The molecule has 2 aromatic rings. The zero-order valence-electron chi connectivity index (χ0n) is 13.8. The van der Waals surface area contributed by atoms with Crippen LogP contribution in [-0.4, -0.2) is 33.8 Å². The van der Waals surface area contributed by atoms with Crippen molar-refractivity contribution in [3.63, 3.8) is 0 Å². The molecule has 2 fully saturated rings. The van der Waals surface area contributed by atoms with E-state index >= 15 is 0 Å². The number of aromatic nitrogens is 2. The van der Waals surface area contributed by atoms with Gasteiger partial charge in [-0.2, -0.15) is 5.10 Å².